The van der Waals surface area contributed by atoms with E-state index in [1.54, 1.807) is 12.1 Å². The van der Waals surface area contributed by atoms with Crippen molar-refractivity contribution in [1.82, 2.24) is 0 Å². The molecule has 1 aliphatic carbocycles. The van der Waals surface area contributed by atoms with Crippen molar-refractivity contribution in [3.8, 4) is 0 Å². The Hall–Kier alpha value is -0.900. The van der Waals surface area contributed by atoms with E-state index in [1.165, 1.54) is 6.26 Å². The molecule has 0 aliphatic heterocycles. The second-order valence-electron chi connectivity index (χ2n) is 4.15. The van der Waals surface area contributed by atoms with Gasteiger partial charge in [0.25, 0.3) is 0 Å². The molecule has 0 bridgehead atoms. The van der Waals surface area contributed by atoms with E-state index < -0.39 is 12.0 Å². The van der Waals surface area contributed by atoms with Crippen molar-refractivity contribution < 1.29 is 18.3 Å². The fourth-order valence-electron chi connectivity index (χ4n) is 2.07. The van der Waals surface area contributed by atoms with Crippen LogP contribution in [-0.4, -0.2) is 11.0 Å². The Morgan fingerprint density at radius 2 is 2.07 bits per heavy atom. The first-order valence-electron chi connectivity index (χ1n) is 5.18. The lowest BCUT2D eigenvalue weighted by Gasteiger charge is -2.30. The van der Waals surface area contributed by atoms with Crippen molar-refractivity contribution in [3.05, 3.63) is 24.2 Å². The molecule has 1 unspecified atom stereocenters. The number of aliphatic hydroxyl groups excluding tert-OH is 1. The van der Waals surface area contributed by atoms with Gasteiger partial charge in [-0.15, -0.1) is 0 Å². The number of hydrogen-bond donors (Lipinski definition) is 1. The maximum atomic E-state index is 12.9. The lowest BCUT2D eigenvalue weighted by Crippen LogP contribution is -2.27. The quantitative estimate of drug-likeness (QED) is 0.823. The maximum Gasteiger partial charge on any atom is 0.248 e. The number of aliphatic hydroxyl groups is 1. The van der Waals surface area contributed by atoms with Crippen molar-refractivity contribution in [2.45, 2.75) is 37.7 Å². The third-order valence-electron chi connectivity index (χ3n) is 3.04. The topological polar surface area (TPSA) is 33.4 Å². The van der Waals surface area contributed by atoms with Gasteiger partial charge in [0.05, 0.1) is 6.26 Å². The molecule has 1 atom stereocenters. The van der Waals surface area contributed by atoms with Crippen LogP contribution in [0.2, 0.25) is 0 Å². The third kappa shape index (κ3) is 2.37. The molecule has 0 aromatic carbocycles. The van der Waals surface area contributed by atoms with Crippen molar-refractivity contribution in [3.63, 3.8) is 0 Å². The molecule has 84 valence electrons. The SMILES string of the molecule is OC(c1ccco1)C1CCC(F)(F)CC1. The molecule has 1 aliphatic rings. The van der Waals surface area contributed by atoms with E-state index >= 15 is 0 Å². The lowest BCUT2D eigenvalue weighted by atomic mass is 9.82. The predicted octanol–water partition coefficient (Wildman–Crippen LogP) is 3.14. The van der Waals surface area contributed by atoms with Gasteiger partial charge in [0.1, 0.15) is 11.9 Å². The fourth-order valence-corrected chi connectivity index (χ4v) is 2.07. The van der Waals surface area contributed by atoms with Crippen molar-refractivity contribution >= 4 is 0 Å². The van der Waals surface area contributed by atoms with E-state index in [1.807, 2.05) is 0 Å². The van der Waals surface area contributed by atoms with Gasteiger partial charge in [0.15, 0.2) is 0 Å². The van der Waals surface area contributed by atoms with Gasteiger partial charge in [-0.3, -0.25) is 0 Å². The molecule has 0 amide bonds. The van der Waals surface area contributed by atoms with Gasteiger partial charge < -0.3 is 9.52 Å². The Kier molecular flexibility index (Phi) is 2.78. The Morgan fingerprint density at radius 1 is 1.40 bits per heavy atom. The molecule has 1 aromatic heterocycles. The Morgan fingerprint density at radius 3 is 2.60 bits per heavy atom. The summed E-state index contributed by atoms with van der Waals surface area (Å²) >= 11 is 0. The summed E-state index contributed by atoms with van der Waals surface area (Å²) in [5.74, 6) is -2.17. The van der Waals surface area contributed by atoms with Crippen molar-refractivity contribution in [2.75, 3.05) is 0 Å². The van der Waals surface area contributed by atoms with Crippen LogP contribution in [0.1, 0.15) is 37.5 Å². The standard InChI is InChI=1S/C11H14F2O2/c12-11(13)5-3-8(4-6-11)10(14)9-2-1-7-15-9/h1-2,7-8,10,14H,3-6H2. The molecule has 4 heteroatoms. The van der Waals surface area contributed by atoms with E-state index in [2.05, 4.69) is 0 Å². The number of rotatable bonds is 2. The third-order valence-corrected chi connectivity index (χ3v) is 3.04. The van der Waals surface area contributed by atoms with Crippen LogP contribution in [0, 0.1) is 5.92 Å². The Labute approximate surface area is 86.9 Å². The van der Waals surface area contributed by atoms with Gasteiger partial charge in [0.2, 0.25) is 5.92 Å². The van der Waals surface area contributed by atoms with Gasteiger partial charge in [0, 0.05) is 12.8 Å². The van der Waals surface area contributed by atoms with Gasteiger partial charge in [-0.2, -0.15) is 0 Å². The summed E-state index contributed by atoms with van der Waals surface area (Å²) in [5, 5.41) is 9.87. The lowest BCUT2D eigenvalue weighted by molar-refractivity contribution is -0.0651. The highest BCUT2D eigenvalue weighted by atomic mass is 19.3. The monoisotopic (exact) mass is 216 g/mol. The van der Waals surface area contributed by atoms with Crippen LogP contribution < -0.4 is 0 Å². The van der Waals surface area contributed by atoms with Gasteiger partial charge in [-0.25, -0.2) is 8.78 Å². The summed E-state index contributed by atoms with van der Waals surface area (Å²) in [7, 11) is 0. The fraction of sp³-hybridized carbons (Fsp3) is 0.636. The molecule has 1 N–H and O–H groups in total. The summed E-state index contributed by atoms with van der Waals surface area (Å²) < 4.78 is 30.8. The first-order chi connectivity index (χ1) is 7.08. The zero-order valence-electron chi connectivity index (χ0n) is 8.33. The average molecular weight is 216 g/mol. The highest BCUT2D eigenvalue weighted by molar-refractivity contribution is 5.03. The molecule has 0 saturated heterocycles. The van der Waals surface area contributed by atoms with Gasteiger partial charge >= 0.3 is 0 Å². The van der Waals surface area contributed by atoms with Gasteiger partial charge in [-0.1, -0.05) is 0 Å². The highest BCUT2D eigenvalue weighted by Gasteiger charge is 2.38. The summed E-state index contributed by atoms with van der Waals surface area (Å²) in [6.45, 7) is 0. The molecule has 2 rings (SSSR count). The molecular weight excluding hydrogens is 202 g/mol. The van der Waals surface area contributed by atoms with Crippen LogP contribution in [0.25, 0.3) is 0 Å². The first kappa shape index (κ1) is 10.6. The van der Waals surface area contributed by atoms with Crippen LogP contribution in [0.3, 0.4) is 0 Å². The van der Waals surface area contributed by atoms with Crippen molar-refractivity contribution in [1.29, 1.82) is 0 Å². The molecule has 0 radical (unpaired) electrons. The van der Waals surface area contributed by atoms with Crippen LogP contribution in [-0.2, 0) is 0 Å². The molecule has 15 heavy (non-hydrogen) atoms. The summed E-state index contributed by atoms with van der Waals surface area (Å²) in [6, 6.07) is 3.37. The normalized spacial score (nSPS) is 23.9. The minimum atomic E-state index is -2.54. The second kappa shape index (κ2) is 3.93. The summed E-state index contributed by atoms with van der Waals surface area (Å²) in [6.07, 6.45) is 1.20. The van der Waals surface area contributed by atoms with Gasteiger partial charge in [-0.05, 0) is 30.9 Å². The van der Waals surface area contributed by atoms with E-state index in [0.29, 0.717) is 18.6 Å². The first-order valence-corrected chi connectivity index (χ1v) is 5.18. The Balaban J connectivity index is 1.96. The largest absolute Gasteiger partial charge is 0.467 e. The molecule has 1 aromatic rings. The number of furan rings is 1. The molecular formula is C11H14F2O2. The molecule has 2 nitrogen and oxygen atoms in total. The van der Waals surface area contributed by atoms with Crippen LogP contribution in [0.5, 0.6) is 0 Å². The zero-order valence-corrected chi connectivity index (χ0v) is 8.33. The van der Waals surface area contributed by atoms with E-state index in [0.717, 1.165) is 0 Å². The predicted molar refractivity (Wildman–Crippen MR) is 50.6 cm³/mol. The molecule has 1 heterocycles. The molecule has 0 spiro atoms. The van der Waals surface area contributed by atoms with Crippen molar-refractivity contribution in [2.24, 2.45) is 5.92 Å². The number of halogens is 2. The van der Waals surface area contributed by atoms with Crippen LogP contribution in [0.4, 0.5) is 8.78 Å². The van der Waals surface area contributed by atoms with E-state index in [9.17, 15) is 13.9 Å². The van der Waals surface area contributed by atoms with E-state index in [-0.39, 0.29) is 18.8 Å². The average Bonchev–Trinajstić information content (AvgIpc) is 2.69. The summed E-state index contributed by atoms with van der Waals surface area (Å²) in [5.41, 5.74) is 0. The van der Waals surface area contributed by atoms with Crippen LogP contribution >= 0.6 is 0 Å². The number of alkyl halides is 2. The maximum absolute atomic E-state index is 12.9. The van der Waals surface area contributed by atoms with E-state index in [4.69, 9.17) is 4.42 Å². The minimum absolute atomic E-state index is 0.101. The molecule has 1 fully saturated rings. The molecule has 1 saturated carbocycles. The smallest absolute Gasteiger partial charge is 0.248 e. The minimum Gasteiger partial charge on any atom is -0.467 e. The Bertz CT molecular complexity index is 298. The zero-order chi connectivity index (χ0) is 10.9. The van der Waals surface area contributed by atoms with Crippen LogP contribution in [0.15, 0.2) is 22.8 Å². The summed E-state index contributed by atoms with van der Waals surface area (Å²) in [4.78, 5) is 0. The second-order valence-corrected chi connectivity index (χ2v) is 4.15. The number of hydrogen-bond acceptors (Lipinski definition) is 2. The highest BCUT2D eigenvalue weighted by Crippen LogP contribution is 2.41.